The summed E-state index contributed by atoms with van der Waals surface area (Å²) in [5, 5.41) is 4.88. The first-order valence-corrected chi connectivity index (χ1v) is 23.0. The van der Waals surface area contributed by atoms with Gasteiger partial charge in [0.2, 0.25) is 0 Å². The summed E-state index contributed by atoms with van der Waals surface area (Å²) in [5.41, 5.74) is 20.4. The molecule has 11 aromatic carbocycles. The molecular weight excluding hydrogens is 795 g/mol. The largest absolute Gasteiger partial charge is 0.309 e. The first-order valence-electron chi connectivity index (χ1n) is 23.0. The molecule has 0 radical (unpaired) electrons. The van der Waals surface area contributed by atoms with Crippen molar-refractivity contribution in [3.05, 3.63) is 260 Å². The molecule has 0 saturated heterocycles. The molecule has 11 aromatic rings. The average molecular weight is 842 g/mol. The number of anilines is 3. The Morgan fingerprint density at radius 2 is 0.667 bits per heavy atom. The number of nitrogens with zero attached hydrogens (tertiary/aromatic N) is 1. The lowest BCUT2D eigenvalue weighted by Gasteiger charge is -2.32. The standard InChI is InChI=1S/C65H47N/c1-65(2)61-42-51(46-23-10-5-11-24-46)35-37-57(61)58-38-36-54(43-62(58)65)66(53-30-18-28-50(41-53)45-21-8-4-9-22-45)64-60-34-15-13-32-56(60)55-31-12-14-33-59(55)63(64)52-29-17-27-49(40-52)48-26-16-25-47(39-48)44-19-6-3-7-20-44/h3-43H,1-2H3. The Balaban J connectivity index is 1.11. The summed E-state index contributed by atoms with van der Waals surface area (Å²) in [5.74, 6) is 0. The Labute approximate surface area is 387 Å². The van der Waals surface area contributed by atoms with Crippen molar-refractivity contribution in [1.29, 1.82) is 0 Å². The van der Waals surface area contributed by atoms with Gasteiger partial charge in [0, 0.05) is 27.7 Å². The monoisotopic (exact) mass is 841 g/mol. The second-order valence-corrected chi connectivity index (χ2v) is 18.1. The first-order chi connectivity index (χ1) is 32.5. The average Bonchev–Trinajstić information content (AvgIpc) is 3.61. The lowest BCUT2D eigenvalue weighted by Crippen LogP contribution is -2.17. The third kappa shape index (κ3) is 6.71. The molecule has 1 heteroatoms. The molecule has 0 bridgehead atoms. The van der Waals surface area contributed by atoms with E-state index in [1.54, 1.807) is 0 Å². The van der Waals surface area contributed by atoms with E-state index in [4.69, 9.17) is 0 Å². The Bertz CT molecular complexity index is 3600. The van der Waals surface area contributed by atoms with Crippen LogP contribution in [-0.4, -0.2) is 0 Å². The smallest absolute Gasteiger partial charge is 0.0624 e. The van der Waals surface area contributed by atoms with E-state index in [-0.39, 0.29) is 5.41 Å². The molecule has 66 heavy (non-hydrogen) atoms. The van der Waals surface area contributed by atoms with Crippen LogP contribution in [0.15, 0.2) is 249 Å². The first kappa shape index (κ1) is 39.3. The van der Waals surface area contributed by atoms with E-state index in [2.05, 4.69) is 267 Å². The van der Waals surface area contributed by atoms with E-state index < -0.39 is 0 Å². The quantitative estimate of drug-likeness (QED) is 0.138. The maximum Gasteiger partial charge on any atom is 0.0624 e. The van der Waals surface area contributed by atoms with Gasteiger partial charge in [-0.3, -0.25) is 0 Å². The Hall–Kier alpha value is -8.26. The molecule has 0 amide bonds. The zero-order valence-electron chi connectivity index (χ0n) is 37.1. The fourth-order valence-corrected chi connectivity index (χ4v) is 10.5. The molecule has 1 aliphatic rings. The van der Waals surface area contributed by atoms with Gasteiger partial charge in [-0.1, -0.05) is 220 Å². The molecule has 0 spiro atoms. The molecule has 12 rings (SSSR count). The van der Waals surface area contributed by atoms with Gasteiger partial charge in [0.1, 0.15) is 0 Å². The number of fused-ring (bicyclic) bond motifs is 6. The Morgan fingerprint density at radius 3 is 1.27 bits per heavy atom. The van der Waals surface area contributed by atoms with E-state index in [0.29, 0.717) is 0 Å². The normalized spacial score (nSPS) is 12.5. The minimum absolute atomic E-state index is 0.236. The molecule has 0 aliphatic heterocycles. The molecule has 1 nitrogen and oxygen atoms in total. The van der Waals surface area contributed by atoms with E-state index in [0.717, 1.165) is 17.1 Å². The van der Waals surface area contributed by atoms with E-state index in [9.17, 15) is 0 Å². The molecular formula is C65H47N. The van der Waals surface area contributed by atoms with Gasteiger partial charge in [-0.25, -0.2) is 0 Å². The summed E-state index contributed by atoms with van der Waals surface area (Å²) in [7, 11) is 0. The van der Waals surface area contributed by atoms with Gasteiger partial charge in [0.25, 0.3) is 0 Å². The van der Waals surface area contributed by atoms with Crippen molar-refractivity contribution >= 4 is 38.6 Å². The van der Waals surface area contributed by atoms with Crippen molar-refractivity contribution in [3.8, 4) is 66.8 Å². The topological polar surface area (TPSA) is 3.24 Å². The Kier molecular flexibility index (Phi) is 9.58. The third-order valence-corrected chi connectivity index (χ3v) is 13.8. The number of hydrogen-bond acceptors (Lipinski definition) is 1. The zero-order chi connectivity index (χ0) is 44.2. The van der Waals surface area contributed by atoms with Crippen molar-refractivity contribution in [3.63, 3.8) is 0 Å². The lowest BCUT2D eigenvalue weighted by atomic mass is 9.81. The molecule has 0 unspecified atom stereocenters. The molecule has 0 fully saturated rings. The summed E-state index contributed by atoms with van der Waals surface area (Å²) >= 11 is 0. The van der Waals surface area contributed by atoms with Crippen LogP contribution in [-0.2, 0) is 5.41 Å². The highest BCUT2D eigenvalue weighted by atomic mass is 15.1. The molecule has 0 heterocycles. The summed E-state index contributed by atoms with van der Waals surface area (Å²) in [6, 6.07) is 91.6. The molecule has 0 aromatic heterocycles. The highest BCUT2D eigenvalue weighted by Gasteiger charge is 2.37. The minimum atomic E-state index is -0.236. The van der Waals surface area contributed by atoms with Crippen molar-refractivity contribution < 1.29 is 0 Å². The molecule has 312 valence electrons. The number of rotatable bonds is 8. The van der Waals surface area contributed by atoms with Crippen LogP contribution in [0.5, 0.6) is 0 Å². The van der Waals surface area contributed by atoms with Crippen LogP contribution in [0.4, 0.5) is 17.1 Å². The van der Waals surface area contributed by atoms with Crippen LogP contribution >= 0.6 is 0 Å². The summed E-state index contributed by atoms with van der Waals surface area (Å²) < 4.78 is 0. The van der Waals surface area contributed by atoms with Crippen molar-refractivity contribution in [1.82, 2.24) is 0 Å². The van der Waals surface area contributed by atoms with Crippen LogP contribution in [0.25, 0.3) is 88.3 Å². The SMILES string of the molecule is CC1(C)c2cc(-c3ccccc3)ccc2-c2ccc(N(c3cccc(-c4ccccc4)c3)c3c(-c4cccc(-c5cccc(-c6ccccc6)c5)c4)c4ccccc4c4ccccc34)cc21. The van der Waals surface area contributed by atoms with Crippen LogP contribution in [0, 0.1) is 0 Å². The molecule has 0 N–H and O–H groups in total. The van der Waals surface area contributed by atoms with Crippen LogP contribution in [0.2, 0.25) is 0 Å². The van der Waals surface area contributed by atoms with Crippen LogP contribution in [0.3, 0.4) is 0 Å². The van der Waals surface area contributed by atoms with Crippen molar-refractivity contribution in [2.75, 3.05) is 4.90 Å². The molecule has 0 atom stereocenters. The highest BCUT2D eigenvalue weighted by molar-refractivity contribution is 6.22. The van der Waals surface area contributed by atoms with Crippen LogP contribution in [0.1, 0.15) is 25.0 Å². The lowest BCUT2D eigenvalue weighted by molar-refractivity contribution is 0.660. The van der Waals surface area contributed by atoms with Gasteiger partial charge >= 0.3 is 0 Å². The van der Waals surface area contributed by atoms with Gasteiger partial charge < -0.3 is 4.90 Å². The van der Waals surface area contributed by atoms with Gasteiger partial charge in [-0.05, 0) is 131 Å². The van der Waals surface area contributed by atoms with Crippen molar-refractivity contribution in [2.24, 2.45) is 0 Å². The van der Waals surface area contributed by atoms with Gasteiger partial charge in [0.15, 0.2) is 0 Å². The van der Waals surface area contributed by atoms with Gasteiger partial charge in [0.05, 0.1) is 5.69 Å². The van der Waals surface area contributed by atoms with Gasteiger partial charge in [-0.15, -0.1) is 0 Å². The van der Waals surface area contributed by atoms with E-state index in [1.165, 1.54) is 99.4 Å². The third-order valence-electron chi connectivity index (χ3n) is 13.8. The maximum absolute atomic E-state index is 2.55. The van der Waals surface area contributed by atoms with E-state index >= 15 is 0 Å². The highest BCUT2D eigenvalue weighted by Crippen LogP contribution is 2.54. The number of benzene rings is 11. The number of hydrogen-bond donors (Lipinski definition) is 0. The predicted octanol–water partition coefficient (Wildman–Crippen LogP) is 18.1. The zero-order valence-corrected chi connectivity index (χ0v) is 37.1. The van der Waals surface area contributed by atoms with Crippen molar-refractivity contribution in [2.45, 2.75) is 19.3 Å². The molecule has 1 aliphatic carbocycles. The fourth-order valence-electron chi connectivity index (χ4n) is 10.5. The summed E-state index contributed by atoms with van der Waals surface area (Å²) in [6.45, 7) is 4.79. The predicted molar refractivity (Wildman–Crippen MR) is 281 cm³/mol. The van der Waals surface area contributed by atoms with E-state index in [1.807, 2.05) is 0 Å². The van der Waals surface area contributed by atoms with Gasteiger partial charge in [-0.2, -0.15) is 0 Å². The minimum Gasteiger partial charge on any atom is -0.309 e. The summed E-state index contributed by atoms with van der Waals surface area (Å²) in [4.78, 5) is 2.55. The fraction of sp³-hybridized carbons (Fsp3) is 0.0462. The maximum atomic E-state index is 2.55. The second kappa shape index (κ2) is 16.1. The second-order valence-electron chi connectivity index (χ2n) is 18.1. The van der Waals surface area contributed by atoms with Crippen LogP contribution < -0.4 is 4.90 Å². The summed E-state index contributed by atoms with van der Waals surface area (Å²) in [6.07, 6.45) is 0. The molecule has 0 saturated carbocycles. The Morgan fingerprint density at radius 1 is 0.273 bits per heavy atom.